The van der Waals surface area contributed by atoms with Crippen LogP contribution < -0.4 is 10.2 Å². The lowest BCUT2D eigenvalue weighted by atomic mass is 9.75. The van der Waals surface area contributed by atoms with Crippen molar-refractivity contribution >= 4 is 23.4 Å². The summed E-state index contributed by atoms with van der Waals surface area (Å²) in [7, 11) is 0. The van der Waals surface area contributed by atoms with Crippen LogP contribution in [0.25, 0.3) is 0 Å². The number of imide groups is 1. The van der Waals surface area contributed by atoms with Gasteiger partial charge in [-0.05, 0) is 48.3 Å². The monoisotopic (exact) mass is 383 g/mol. The number of carbonyl (C=O) groups is 3. The van der Waals surface area contributed by atoms with E-state index >= 15 is 0 Å². The van der Waals surface area contributed by atoms with E-state index in [1.54, 1.807) is 4.90 Å². The first-order valence-corrected chi connectivity index (χ1v) is 10.3. The summed E-state index contributed by atoms with van der Waals surface area (Å²) in [5, 5.41) is 2.35. The van der Waals surface area contributed by atoms with Crippen LogP contribution in [0.15, 0.2) is 18.2 Å². The number of nitrogens with one attached hydrogen (secondary N) is 1. The van der Waals surface area contributed by atoms with Gasteiger partial charge in [-0.2, -0.15) is 0 Å². The highest BCUT2D eigenvalue weighted by atomic mass is 16.2. The molecule has 0 spiro atoms. The lowest BCUT2D eigenvalue weighted by Crippen LogP contribution is -2.52. The van der Waals surface area contributed by atoms with Crippen LogP contribution in [0.2, 0.25) is 0 Å². The summed E-state index contributed by atoms with van der Waals surface area (Å²) in [6.07, 6.45) is 3.01. The summed E-state index contributed by atoms with van der Waals surface area (Å²) in [6, 6.07) is 5.55. The van der Waals surface area contributed by atoms with Crippen LogP contribution in [0.3, 0.4) is 0 Å². The second-order valence-corrected chi connectivity index (χ2v) is 9.37. The fourth-order valence-electron chi connectivity index (χ4n) is 4.74. The Balaban J connectivity index is 1.48. The molecule has 3 aliphatic heterocycles. The van der Waals surface area contributed by atoms with Crippen LogP contribution in [0.1, 0.15) is 62.4 Å². The SMILES string of the molecule is CC(C)(C)C1CCN(c2ccc3c(c2)C(=O)N(C2CCC(=O)NC2=O)C3)CC1. The molecule has 1 atom stereocenters. The summed E-state index contributed by atoms with van der Waals surface area (Å²) >= 11 is 0. The topological polar surface area (TPSA) is 69.7 Å². The predicted octanol–water partition coefficient (Wildman–Crippen LogP) is 2.71. The highest BCUT2D eigenvalue weighted by Crippen LogP contribution is 2.37. The molecule has 28 heavy (non-hydrogen) atoms. The molecule has 6 nitrogen and oxygen atoms in total. The minimum Gasteiger partial charge on any atom is -0.371 e. The normalized spacial score (nSPS) is 23.8. The molecule has 2 fully saturated rings. The summed E-state index contributed by atoms with van der Waals surface area (Å²) in [5.74, 6) is 0.00647. The number of rotatable bonds is 2. The van der Waals surface area contributed by atoms with E-state index in [1.807, 2.05) is 12.1 Å². The molecule has 4 rings (SSSR count). The Hall–Kier alpha value is -2.37. The quantitative estimate of drug-likeness (QED) is 0.798. The van der Waals surface area contributed by atoms with E-state index in [0.29, 0.717) is 23.9 Å². The van der Waals surface area contributed by atoms with Gasteiger partial charge in [0.25, 0.3) is 5.91 Å². The predicted molar refractivity (Wildman–Crippen MR) is 107 cm³/mol. The van der Waals surface area contributed by atoms with Gasteiger partial charge in [-0.3, -0.25) is 19.7 Å². The standard InChI is InChI=1S/C22H29N3O3/c1-22(2,3)15-8-10-24(11-9-15)16-5-4-14-13-25(21(28)17(14)12-16)18-6-7-19(26)23-20(18)27/h4-5,12,15,18H,6-11,13H2,1-3H3,(H,23,26,27). The highest BCUT2D eigenvalue weighted by molar-refractivity contribution is 6.05. The minimum absolute atomic E-state index is 0.101. The van der Waals surface area contributed by atoms with Crippen molar-refractivity contribution < 1.29 is 14.4 Å². The molecule has 150 valence electrons. The molecule has 3 aliphatic rings. The average molecular weight is 383 g/mol. The fourth-order valence-corrected chi connectivity index (χ4v) is 4.74. The fraction of sp³-hybridized carbons (Fsp3) is 0.591. The van der Waals surface area contributed by atoms with Crippen LogP contribution >= 0.6 is 0 Å². The molecule has 1 unspecified atom stereocenters. The zero-order valence-electron chi connectivity index (χ0n) is 17.0. The van der Waals surface area contributed by atoms with E-state index in [4.69, 9.17) is 0 Å². The molecule has 2 saturated heterocycles. The number of piperidine rings is 2. The smallest absolute Gasteiger partial charge is 0.255 e. The summed E-state index contributed by atoms with van der Waals surface area (Å²) in [4.78, 5) is 40.5. The number of benzene rings is 1. The molecular formula is C22H29N3O3. The van der Waals surface area contributed by atoms with Gasteiger partial charge in [0.15, 0.2) is 0 Å². The maximum atomic E-state index is 13.0. The van der Waals surface area contributed by atoms with Crippen molar-refractivity contribution in [1.82, 2.24) is 10.2 Å². The van der Waals surface area contributed by atoms with Crippen molar-refractivity contribution in [2.24, 2.45) is 11.3 Å². The van der Waals surface area contributed by atoms with Gasteiger partial charge in [0.2, 0.25) is 11.8 Å². The molecule has 3 amide bonds. The Labute approximate surface area is 166 Å². The summed E-state index contributed by atoms with van der Waals surface area (Å²) < 4.78 is 0. The molecule has 0 saturated carbocycles. The Morgan fingerprint density at radius 1 is 1.04 bits per heavy atom. The number of fused-ring (bicyclic) bond motifs is 1. The number of carbonyl (C=O) groups excluding carboxylic acids is 3. The van der Waals surface area contributed by atoms with Gasteiger partial charge in [-0.1, -0.05) is 26.8 Å². The van der Waals surface area contributed by atoms with Gasteiger partial charge in [-0.25, -0.2) is 0 Å². The van der Waals surface area contributed by atoms with Gasteiger partial charge < -0.3 is 9.80 Å². The van der Waals surface area contributed by atoms with Crippen LogP contribution in [0.5, 0.6) is 0 Å². The van der Waals surface area contributed by atoms with Crippen molar-refractivity contribution in [2.45, 2.75) is 59.0 Å². The number of hydrogen-bond acceptors (Lipinski definition) is 4. The van der Waals surface area contributed by atoms with Crippen LogP contribution in [-0.4, -0.2) is 41.8 Å². The number of nitrogens with zero attached hydrogens (tertiary/aromatic N) is 2. The van der Waals surface area contributed by atoms with Gasteiger partial charge >= 0.3 is 0 Å². The molecule has 1 aromatic carbocycles. The van der Waals surface area contributed by atoms with Crippen LogP contribution in [0.4, 0.5) is 5.69 Å². The van der Waals surface area contributed by atoms with E-state index in [-0.39, 0.29) is 24.1 Å². The Morgan fingerprint density at radius 2 is 1.75 bits per heavy atom. The summed E-state index contributed by atoms with van der Waals surface area (Å²) in [6.45, 7) is 9.38. The van der Waals surface area contributed by atoms with Gasteiger partial charge in [0.05, 0.1) is 0 Å². The second kappa shape index (κ2) is 6.90. The average Bonchev–Trinajstić information content (AvgIpc) is 2.97. The lowest BCUT2D eigenvalue weighted by Gasteiger charge is -2.39. The van der Waals surface area contributed by atoms with Gasteiger partial charge in [-0.15, -0.1) is 0 Å². The summed E-state index contributed by atoms with van der Waals surface area (Å²) in [5.41, 5.74) is 3.08. The number of amides is 3. The van der Waals surface area contributed by atoms with Crippen molar-refractivity contribution in [3.63, 3.8) is 0 Å². The molecule has 6 heteroatoms. The van der Waals surface area contributed by atoms with Crippen LogP contribution in [-0.2, 0) is 16.1 Å². The van der Waals surface area contributed by atoms with Gasteiger partial charge in [0.1, 0.15) is 6.04 Å². The molecule has 0 aliphatic carbocycles. The Kier molecular flexibility index (Phi) is 4.68. The molecule has 0 bridgehead atoms. The number of anilines is 1. The number of hydrogen-bond donors (Lipinski definition) is 1. The van der Waals surface area contributed by atoms with E-state index in [1.165, 1.54) is 0 Å². The van der Waals surface area contributed by atoms with E-state index < -0.39 is 6.04 Å². The maximum Gasteiger partial charge on any atom is 0.255 e. The van der Waals surface area contributed by atoms with E-state index in [2.05, 4.69) is 37.1 Å². The first-order valence-electron chi connectivity index (χ1n) is 10.3. The third kappa shape index (κ3) is 3.40. The van der Waals surface area contributed by atoms with Crippen molar-refractivity contribution in [1.29, 1.82) is 0 Å². The van der Waals surface area contributed by atoms with Crippen molar-refractivity contribution in [3.8, 4) is 0 Å². The molecule has 0 aromatic heterocycles. The van der Waals surface area contributed by atoms with Crippen LogP contribution in [0, 0.1) is 11.3 Å². The van der Waals surface area contributed by atoms with E-state index in [9.17, 15) is 14.4 Å². The maximum absolute atomic E-state index is 13.0. The Morgan fingerprint density at radius 3 is 2.39 bits per heavy atom. The first-order chi connectivity index (χ1) is 13.2. The molecule has 1 N–H and O–H groups in total. The van der Waals surface area contributed by atoms with Crippen molar-refractivity contribution in [3.05, 3.63) is 29.3 Å². The minimum atomic E-state index is -0.552. The zero-order valence-corrected chi connectivity index (χ0v) is 17.0. The third-order valence-electron chi connectivity index (χ3n) is 6.60. The largest absolute Gasteiger partial charge is 0.371 e. The molecular weight excluding hydrogens is 354 g/mol. The molecule has 0 radical (unpaired) electrons. The Bertz CT molecular complexity index is 819. The lowest BCUT2D eigenvalue weighted by molar-refractivity contribution is -0.136. The molecule has 1 aromatic rings. The van der Waals surface area contributed by atoms with E-state index in [0.717, 1.165) is 43.1 Å². The second-order valence-electron chi connectivity index (χ2n) is 9.37. The van der Waals surface area contributed by atoms with Crippen molar-refractivity contribution in [2.75, 3.05) is 18.0 Å². The zero-order chi connectivity index (χ0) is 20.1. The third-order valence-corrected chi connectivity index (χ3v) is 6.60. The van der Waals surface area contributed by atoms with Gasteiger partial charge in [0, 0.05) is 37.3 Å². The first kappa shape index (κ1) is 19.0. The highest BCUT2D eigenvalue weighted by Gasteiger charge is 2.39. The molecule has 3 heterocycles.